The van der Waals surface area contributed by atoms with Gasteiger partial charge in [-0.25, -0.2) is 10.2 Å². The summed E-state index contributed by atoms with van der Waals surface area (Å²) in [7, 11) is 0. The highest BCUT2D eigenvalue weighted by Gasteiger charge is 2.08. The molecule has 29 heavy (non-hydrogen) atoms. The molecular weight excluding hydrogens is 378 g/mol. The van der Waals surface area contributed by atoms with Gasteiger partial charge in [0.25, 0.3) is 11.6 Å². The van der Waals surface area contributed by atoms with Gasteiger partial charge in [0, 0.05) is 12.1 Å². The van der Waals surface area contributed by atoms with Crippen LogP contribution >= 0.6 is 0 Å². The number of amides is 1. The second kappa shape index (κ2) is 10.5. The number of carbonyl (C=O) groups is 2. The first-order valence-electron chi connectivity index (χ1n) is 8.88. The third-order valence-corrected chi connectivity index (χ3v) is 3.74. The lowest BCUT2D eigenvalue weighted by molar-refractivity contribution is -0.384. The molecule has 0 aliphatic rings. The number of benzene rings is 2. The van der Waals surface area contributed by atoms with E-state index in [4.69, 9.17) is 9.47 Å². The van der Waals surface area contributed by atoms with E-state index in [0.717, 1.165) is 6.42 Å². The summed E-state index contributed by atoms with van der Waals surface area (Å²) in [5.74, 6) is -0.465. The van der Waals surface area contributed by atoms with Crippen molar-refractivity contribution < 1.29 is 24.0 Å². The van der Waals surface area contributed by atoms with Gasteiger partial charge >= 0.3 is 5.97 Å². The van der Waals surface area contributed by atoms with Crippen LogP contribution in [-0.4, -0.2) is 35.7 Å². The van der Waals surface area contributed by atoms with Crippen molar-refractivity contribution in [3.8, 4) is 5.75 Å². The third-order valence-electron chi connectivity index (χ3n) is 3.74. The molecule has 0 fully saturated rings. The Labute approximate surface area is 167 Å². The topological polar surface area (TPSA) is 120 Å². The lowest BCUT2D eigenvalue weighted by Crippen LogP contribution is -2.25. The molecule has 0 saturated heterocycles. The number of nitrogens with one attached hydrogen (secondary N) is 1. The van der Waals surface area contributed by atoms with Crippen molar-refractivity contribution in [1.29, 1.82) is 0 Å². The van der Waals surface area contributed by atoms with Crippen LogP contribution in [0.2, 0.25) is 0 Å². The van der Waals surface area contributed by atoms with Crippen LogP contribution in [-0.2, 0) is 9.53 Å². The maximum atomic E-state index is 11.9. The molecule has 0 aliphatic heterocycles. The molecular formula is C20H21N3O6. The minimum Gasteiger partial charge on any atom is -0.484 e. The molecule has 0 unspecified atom stereocenters. The molecule has 0 atom stereocenters. The lowest BCUT2D eigenvalue weighted by atomic mass is 10.1. The van der Waals surface area contributed by atoms with Gasteiger partial charge in [-0.05, 0) is 55.3 Å². The second-order valence-electron chi connectivity index (χ2n) is 5.99. The Morgan fingerprint density at radius 1 is 1.07 bits per heavy atom. The molecule has 9 nitrogen and oxygen atoms in total. The maximum absolute atomic E-state index is 11.9. The molecule has 0 bridgehead atoms. The van der Waals surface area contributed by atoms with E-state index in [2.05, 4.69) is 10.5 Å². The number of nitrogens with zero attached hydrogens (tertiary/aromatic N) is 2. The van der Waals surface area contributed by atoms with Crippen molar-refractivity contribution >= 4 is 23.3 Å². The first-order valence-corrected chi connectivity index (χ1v) is 8.88. The van der Waals surface area contributed by atoms with E-state index in [-0.39, 0.29) is 12.3 Å². The first kappa shape index (κ1) is 21.5. The van der Waals surface area contributed by atoms with Crippen molar-refractivity contribution in [3.63, 3.8) is 0 Å². The van der Waals surface area contributed by atoms with Crippen molar-refractivity contribution in [2.45, 2.75) is 20.3 Å². The largest absolute Gasteiger partial charge is 0.484 e. The summed E-state index contributed by atoms with van der Waals surface area (Å²) in [6.45, 7) is 3.67. The van der Waals surface area contributed by atoms with Gasteiger partial charge in [0.05, 0.1) is 22.8 Å². The van der Waals surface area contributed by atoms with Gasteiger partial charge in [-0.15, -0.1) is 0 Å². The zero-order chi connectivity index (χ0) is 21.2. The Balaban J connectivity index is 1.83. The Morgan fingerprint density at radius 2 is 1.69 bits per heavy atom. The lowest BCUT2D eigenvalue weighted by Gasteiger charge is -2.07. The van der Waals surface area contributed by atoms with Crippen LogP contribution in [0.15, 0.2) is 53.6 Å². The Bertz CT molecular complexity index is 891. The second-order valence-corrected chi connectivity index (χ2v) is 5.99. The van der Waals surface area contributed by atoms with E-state index < -0.39 is 16.8 Å². The third kappa shape index (κ3) is 6.73. The van der Waals surface area contributed by atoms with E-state index in [1.807, 2.05) is 6.92 Å². The van der Waals surface area contributed by atoms with Crippen molar-refractivity contribution in [1.82, 2.24) is 5.43 Å². The Hall–Kier alpha value is -3.75. The highest BCUT2D eigenvalue weighted by atomic mass is 16.6. The predicted molar refractivity (Wildman–Crippen MR) is 106 cm³/mol. The summed E-state index contributed by atoms with van der Waals surface area (Å²) in [5, 5.41) is 14.6. The van der Waals surface area contributed by atoms with Crippen LogP contribution in [0.1, 0.15) is 36.2 Å². The van der Waals surface area contributed by atoms with Crippen LogP contribution in [0.4, 0.5) is 5.69 Å². The number of rotatable bonds is 9. The number of hydrogen-bond acceptors (Lipinski definition) is 7. The number of carbonyl (C=O) groups excluding carboxylic acids is 2. The summed E-state index contributed by atoms with van der Waals surface area (Å²) in [6, 6.07) is 12.1. The molecule has 0 saturated carbocycles. The molecule has 1 N–H and O–H groups in total. The van der Waals surface area contributed by atoms with E-state index in [1.54, 1.807) is 43.3 Å². The molecule has 2 rings (SSSR count). The smallest absolute Gasteiger partial charge is 0.338 e. The number of hydrazone groups is 1. The minimum atomic E-state index is -0.490. The van der Waals surface area contributed by atoms with Gasteiger partial charge in [0.2, 0.25) is 0 Å². The molecule has 0 aromatic heterocycles. The van der Waals surface area contributed by atoms with Crippen LogP contribution in [0.25, 0.3) is 0 Å². The van der Waals surface area contributed by atoms with Crippen LogP contribution in [0.3, 0.4) is 0 Å². The van der Waals surface area contributed by atoms with Crippen LogP contribution in [0.5, 0.6) is 5.75 Å². The van der Waals surface area contributed by atoms with Gasteiger partial charge in [-0.2, -0.15) is 5.10 Å². The molecule has 152 valence electrons. The number of hydrogen-bond donors (Lipinski definition) is 1. The normalized spacial score (nSPS) is 10.9. The summed E-state index contributed by atoms with van der Waals surface area (Å²) in [6.07, 6.45) is 0.744. The zero-order valence-corrected chi connectivity index (χ0v) is 16.1. The number of non-ortho nitro benzene ring substituents is 1. The van der Waals surface area contributed by atoms with Gasteiger partial charge in [-0.1, -0.05) is 6.92 Å². The molecule has 2 aromatic rings. The van der Waals surface area contributed by atoms with E-state index >= 15 is 0 Å². The zero-order valence-electron chi connectivity index (χ0n) is 16.1. The average molecular weight is 399 g/mol. The quantitative estimate of drug-likeness (QED) is 0.299. The first-order chi connectivity index (χ1) is 13.9. The fourth-order valence-electron chi connectivity index (χ4n) is 2.18. The fourth-order valence-corrected chi connectivity index (χ4v) is 2.18. The van der Waals surface area contributed by atoms with Crippen LogP contribution in [0, 0.1) is 10.1 Å². The van der Waals surface area contributed by atoms with Gasteiger partial charge in [0.15, 0.2) is 6.61 Å². The van der Waals surface area contributed by atoms with Crippen molar-refractivity contribution in [3.05, 3.63) is 69.8 Å². The van der Waals surface area contributed by atoms with E-state index in [9.17, 15) is 19.7 Å². The van der Waals surface area contributed by atoms with Gasteiger partial charge in [0.1, 0.15) is 5.75 Å². The molecule has 0 aliphatic carbocycles. The van der Waals surface area contributed by atoms with E-state index in [0.29, 0.717) is 29.2 Å². The Kier molecular flexibility index (Phi) is 7.84. The summed E-state index contributed by atoms with van der Waals surface area (Å²) >= 11 is 0. The molecule has 0 spiro atoms. The molecule has 0 heterocycles. The number of nitro benzene ring substituents is 1. The Morgan fingerprint density at radius 3 is 2.28 bits per heavy atom. The number of nitro groups is 1. The standard InChI is InChI=1S/C20H21N3O6/c1-3-12-28-20(25)16-6-10-18(11-7-16)29-13-19(24)22-21-14(2)15-4-8-17(9-5-15)23(26)27/h4-11H,3,12-13H2,1-2H3,(H,22,24)/b21-14-. The molecule has 2 aromatic carbocycles. The molecule has 1 amide bonds. The number of ether oxygens (including phenoxy) is 2. The minimum absolute atomic E-state index is 0.0244. The maximum Gasteiger partial charge on any atom is 0.338 e. The molecule has 0 radical (unpaired) electrons. The number of esters is 1. The summed E-state index contributed by atoms with van der Waals surface area (Å²) < 4.78 is 10.4. The summed E-state index contributed by atoms with van der Waals surface area (Å²) in [4.78, 5) is 33.8. The predicted octanol–water partition coefficient (Wildman–Crippen LogP) is 3.08. The van der Waals surface area contributed by atoms with Crippen molar-refractivity contribution in [2.75, 3.05) is 13.2 Å². The van der Waals surface area contributed by atoms with Crippen LogP contribution < -0.4 is 10.2 Å². The van der Waals surface area contributed by atoms with Gasteiger partial charge in [-0.3, -0.25) is 14.9 Å². The van der Waals surface area contributed by atoms with E-state index in [1.165, 1.54) is 12.1 Å². The monoisotopic (exact) mass is 399 g/mol. The highest BCUT2D eigenvalue weighted by Crippen LogP contribution is 2.14. The molecule has 9 heteroatoms. The van der Waals surface area contributed by atoms with Crippen molar-refractivity contribution in [2.24, 2.45) is 5.10 Å². The SMILES string of the molecule is CCCOC(=O)c1ccc(OCC(=O)N/N=C(/C)c2ccc([N+](=O)[O-])cc2)cc1. The fraction of sp³-hybridized carbons (Fsp3) is 0.250. The van der Waals surface area contributed by atoms with Gasteiger partial charge < -0.3 is 9.47 Å². The average Bonchev–Trinajstić information content (AvgIpc) is 2.74. The summed E-state index contributed by atoms with van der Waals surface area (Å²) in [5.41, 5.74) is 3.86. The highest BCUT2D eigenvalue weighted by molar-refractivity contribution is 5.99.